The van der Waals surface area contributed by atoms with Gasteiger partial charge in [-0.15, -0.1) is 0 Å². The summed E-state index contributed by atoms with van der Waals surface area (Å²) in [7, 11) is -2.75. The molecule has 3 aromatic carbocycles. The van der Waals surface area contributed by atoms with Gasteiger partial charge in [0.1, 0.15) is 6.54 Å². The molecule has 3 rings (SSSR count). The third-order valence-corrected chi connectivity index (χ3v) is 7.08. The van der Waals surface area contributed by atoms with Crippen molar-refractivity contribution in [3.8, 4) is 5.75 Å². The number of halogens is 1. The number of amides is 1. The van der Waals surface area contributed by atoms with Gasteiger partial charge < -0.3 is 4.74 Å². The Morgan fingerprint density at radius 1 is 1.17 bits per heavy atom. The molecule has 182 valence electrons. The average molecular weight is 561 g/mol. The monoisotopic (exact) mass is 560 g/mol. The lowest BCUT2D eigenvalue weighted by Crippen LogP contribution is -2.39. The number of ether oxygens (including phenoxy) is 1. The van der Waals surface area contributed by atoms with Crippen LogP contribution in [0.5, 0.6) is 5.75 Å². The van der Waals surface area contributed by atoms with E-state index in [9.17, 15) is 23.3 Å². The molecule has 0 aromatic heterocycles. The number of rotatable bonds is 9. The summed E-state index contributed by atoms with van der Waals surface area (Å²) in [5.74, 6) is -0.623. The van der Waals surface area contributed by atoms with E-state index >= 15 is 0 Å². The third kappa shape index (κ3) is 6.43. The van der Waals surface area contributed by atoms with Crippen molar-refractivity contribution in [2.45, 2.75) is 11.8 Å². The van der Waals surface area contributed by atoms with Crippen molar-refractivity contribution in [3.05, 3.63) is 92.4 Å². The molecule has 0 saturated carbocycles. The van der Waals surface area contributed by atoms with Crippen LogP contribution in [0.15, 0.2) is 81.2 Å². The van der Waals surface area contributed by atoms with Gasteiger partial charge in [0.15, 0.2) is 5.75 Å². The second-order valence-electron chi connectivity index (χ2n) is 7.29. The molecule has 3 aromatic rings. The van der Waals surface area contributed by atoms with Gasteiger partial charge in [-0.1, -0.05) is 39.7 Å². The molecule has 0 aliphatic heterocycles. The largest absolute Gasteiger partial charge is 0.490 e. The molecule has 0 aliphatic carbocycles. The quantitative estimate of drug-likeness (QED) is 0.239. The number of carbonyl (C=O) groups excluding carboxylic acids is 1. The molecule has 0 bridgehead atoms. The number of carbonyl (C=O) groups is 1. The Morgan fingerprint density at radius 2 is 1.89 bits per heavy atom. The number of nitro groups is 1. The lowest BCUT2D eigenvalue weighted by atomic mass is 10.2. The van der Waals surface area contributed by atoms with Crippen LogP contribution < -0.4 is 14.5 Å². The first-order chi connectivity index (χ1) is 16.6. The smallest absolute Gasteiger partial charge is 0.311 e. The molecule has 12 heteroatoms. The Bertz CT molecular complexity index is 1380. The van der Waals surface area contributed by atoms with Gasteiger partial charge in [-0.05, 0) is 49.4 Å². The minimum atomic E-state index is -4.07. The summed E-state index contributed by atoms with van der Waals surface area (Å²) in [6.45, 7) is 1.29. The summed E-state index contributed by atoms with van der Waals surface area (Å²) in [6.07, 6.45) is 1.21. The van der Waals surface area contributed by atoms with E-state index in [4.69, 9.17) is 4.74 Å². The molecule has 10 nitrogen and oxygen atoms in total. The topological polar surface area (TPSA) is 131 Å². The minimum absolute atomic E-state index is 0.0323. The molecule has 0 saturated heterocycles. The molecular formula is C23H21BrN4O6S. The van der Waals surface area contributed by atoms with Gasteiger partial charge in [0, 0.05) is 16.1 Å². The van der Waals surface area contributed by atoms with Crippen LogP contribution in [0.4, 0.5) is 11.4 Å². The number of anilines is 1. The van der Waals surface area contributed by atoms with Crippen LogP contribution in [0, 0.1) is 17.0 Å². The van der Waals surface area contributed by atoms with Crippen molar-refractivity contribution in [1.82, 2.24) is 5.43 Å². The summed E-state index contributed by atoms with van der Waals surface area (Å²) in [5.41, 5.74) is 3.53. The number of benzene rings is 3. The molecule has 0 unspecified atom stereocenters. The SMILES string of the molecule is COc1ccc(/C=N\NC(=O)CN(c2cccc(Br)c2)S(=O)(=O)c2ccc(C)cc2)cc1[N+](=O)[O-]. The number of nitro benzene ring substituents is 1. The van der Waals surface area contributed by atoms with Gasteiger partial charge in [-0.25, -0.2) is 13.8 Å². The number of hydrogen-bond acceptors (Lipinski definition) is 7. The first kappa shape index (κ1) is 25.8. The Kier molecular flexibility index (Phi) is 8.20. The molecule has 0 fully saturated rings. The number of hydrogen-bond donors (Lipinski definition) is 1. The van der Waals surface area contributed by atoms with E-state index in [1.54, 1.807) is 36.4 Å². The van der Waals surface area contributed by atoms with Gasteiger partial charge in [-0.3, -0.25) is 19.2 Å². The van der Waals surface area contributed by atoms with Crippen LogP contribution in [0.1, 0.15) is 11.1 Å². The van der Waals surface area contributed by atoms with Gasteiger partial charge in [0.25, 0.3) is 15.9 Å². The summed E-state index contributed by atoms with van der Waals surface area (Å²) in [6, 6.07) is 17.0. The third-order valence-electron chi connectivity index (χ3n) is 4.79. The normalized spacial score (nSPS) is 11.3. The average Bonchev–Trinajstić information content (AvgIpc) is 2.82. The summed E-state index contributed by atoms with van der Waals surface area (Å²) >= 11 is 3.32. The molecule has 0 radical (unpaired) electrons. The van der Waals surface area contributed by atoms with E-state index in [0.717, 1.165) is 9.87 Å². The zero-order chi connectivity index (χ0) is 25.6. The van der Waals surface area contributed by atoms with Crippen molar-refractivity contribution >= 4 is 49.4 Å². The van der Waals surface area contributed by atoms with Crippen LogP contribution in [0.3, 0.4) is 0 Å². The number of methoxy groups -OCH3 is 1. The number of nitrogens with one attached hydrogen (secondary N) is 1. The first-order valence-electron chi connectivity index (χ1n) is 10.1. The van der Waals surface area contributed by atoms with Crippen LogP contribution >= 0.6 is 15.9 Å². The van der Waals surface area contributed by atoms with Crippen molar-refractivity contribution in [3.63, 3.8) is 0 Å². The van der Waals surface area contributed by atoms with Crippen molar-refractivity contribution < 1.29 is 22.9 Å². The lowest BCUT2D eigenvalue weighted by Gasteiger charge is -2.24. The Labute approximate surface area is 210 Å². The van der Waals surface area contributed by atoms with Crippen molar-refractivity contribution in [1.29, 1.82) is 0 Å². The summed E-state index contributed by atoms with van der Waals surface area (Å²) in [5, 5.41) is 15.0. The standard InChI is InChI=1S/C23H21BrN4O6S/c1-16-6-9-20(10-7-16)35(32,33)27(19-5-3-4-18(24)13-19)15-23(29)26-25-14-17-8-11-22(34-2)21(12-17)28(30)31/h3-14H,15H2,1-2H3,(H,26,29)/b25-14-. The molecule has 0 heterocycles. The van der Waals surface area contributed by atoms with Crippen LogP contribution in [0.25, 0.3) is 0 Å². The zero-order valence-electron chi connectivity index (χ0n) is 18.7. The van der Waals surface area contributed by atoms with Crippen LogP contribution in [-0.4, -0.2) is 39.1 Å². The molecule has 1 amide bonds. The van der Waals surface area contributed by atoms with E-state index < -0.39 is 27.4 Å². The van der Waals surface area contributed by atoms with Crippen LogP contribution in [-0.2, 0) is 14.8 Å². The fraction of sp³-hybridized carbons (Fsp3) is 0.130. The summed E-state index contributed by atoms with van der Waals surface area (Å²) < 4.78 is 33.3. The van der Waals surface area contributed by atoms with E-state index in [2.05, 4.69) is 26.5 Å². The Balaban J connectivity index is 1.83. The van der Waals surface area contributed by atoms with Gasteiger partial charge in [-0.2, -0.15) is 5.10 Å². The molecule has 0 spiro atoms. The van der Waals surface area contributed by atoms with E-state index in [1.165, 1.54) is 43.7 Å². The highest BCUT2D eigenvalue weighted by Gasteiger charge is 2.27. The number of nitrogens with zero attached hydrogens (tertiary/aromatic N) is 3. The number of aryl methyl sites for hydroxylation is 1. The molecule has 1 N–H and O–H groups in total. The second-order valence-corrected chi connectivity index (χ2v) is 10.1. The van der Waals surface area contributed by atoms with Gasteiger partial charge >= 0.3 is 5.69 Å². The molecule has 0 atom stereocenters. The minimum Gasteiger partial charge on any atom is -0.490 e. The maximum absolute atomic E-state index is 13.4. The molecule has 0 aliphatic rings. The fourth-order valence-corrected chi connectivity index (χ4v) is 4.86. The fourth-order valence-electron chi connectivity index (χ4n) is 3.06. The number of hydrazone groups is 1. The predicted octanol–water partition coefficient (Wildman–Crippen LogP) is 4.02. The highest BCUT2D eigenvalue weighted by Crippen LogP contribution is 2.27. The molecular weight excluding hydrogens is 540 g/mol. The zero-order valence-corrected chi connectivity index (χ0v) is 21.1. The van der Waals surface area contributed by atoms with Crippen molar-refractivity contribution in [2.75, 3.05) is 18.0 Å². The molecule has 35 heavy (non-hydrogen) atoms. The van der Waals surface area contributed by atoms with Gasteiger partial charge in [0.2, 0.25) is 0 Å². The van der Waals surface area contributed by atoms with Gasteiger partial charge in [0.05, 0.1) is 28.8 Å². The first-order valence-corrected chi connectivity index (χ1v) is 12.3. The Hall–Kier alpha value is -3.77. The maximum atomic E-state index is 13.4. The number of sulfonamides is 1. The summed E-state index contributed by atoms with van der Waals surface area (Å²) in [4.78, 5) is 23.2. The predicted molar refractivity (Wildman–Crippen MR) is 135 cm³/mol. The lowest BCUT2D eigenvalue weighted by molar-refractivity contribution is -0.385. The van der Waals surface area contributed by atoms with E-state index in [-0.39, 0.29) is 22.0 Å². The highest BCUT2D eigenvalue weighted by molar-refractivity contribution is 9.10. The highest BCUT2D eigenvalue weighted by atomic mass is 79.9. The Morgan fingerprint density at radius 3 is 2.51 bits per heavy atom. The second kappa shape index (κ2) is 11.1. The van der Waals surface area contributed by atoms with E-state index in [0.29, 0.717) is 10.0 Å². The van der Waals surface area contributed by atoms with Crippen molar-refractivity contribution in [2.24, 2.45) is 5.10 Å². The van der Waals surface area contributed by atoms with Crippen LogP contribution in [0.2, 0.25) is 0 Å². The van der Waals surface area contributed by atoms with E-state index in [1.807, 2.05) is 6.92 Å². The maximum Gasteiger partial charge on any atom is 0.311 e.